The summed E-state index contributed by atoms with van der Waals surface area (Å²) in [7, 11) is 0. The molecule has 0 fully saturated rings. The maximum Gasteiger partial charge on any atom is 0.226 e. The Morgan fingerprint density at radius 3 is 2.53 bits per heavy atom. The number of H-pyrrole nitrogens is 1. The third-order valence-corrected chi connectivity index (χ3v) is 2.71. The van der Waals surface area contributed by atoms with E-state index in [1.54, 1.807) is 12.5 Å². The Morgan fingerprint density at radius 1 is 1.26 bits per heavy atom. The summed E-state index contributed by atoms with van der Waals surface area (Å²) in [5.41, 5.74) is 2.83. The number of nitrogens with zero attached hydrogens (tertiary/aromatic N) is 1. The van der Waals surface area contributed by atoms with Gasteiger partial charge in [0.2, 0.25) is 5.91 Å². The van der Waals surface area contributed by atoms with Crippen molar-refractivity contribution in [1.82, 2.24) is 9.97 Å². The number of rotatable bonds is 5. The van der Waals surface area contributed by atoms with Crippen LogP contribution in [0.25, 0.3) is 0 Å². The highest BCUT2D eigenvalue weighted by atomic mass is 16.1. The minimum absolute atomic E-state index is 0.0156. The summed E-state index contributed by atoms with van der Waals surface area (Å²) in [4.78, 5) is 18.5. The summed E-state index contributed by atoms with van der Waals surface area (Å²) in [6, 6.07) is 7.64. The lowest BCUT2D eigenvalue weighted by atomic mass is 10.2. The summed E-state index contributed by atoms with van der Waals surface area (Å²) >= 11 is 0. The first-order chi connectivity index (χ1) is 9.15. The smallest absolute Gasteiger partial charge is 0.226 e. The van der Waals surface area contributed by atoms with Crippen LogP contribution in [0, 0.1) is 5.92 Å². The summed E-state index contributed by atoms with van der Waals surface area (Å²) < 4.78 is 0. The fourth-order valence-corrected chi connectivity index (χ4v) is 1.54. The van der Waals surface area contributed by atoms with Crippen molar-refractivity contribution in [3.8, 4) is 0 Å². The van der Waals surface area contributed by atoms with Gasteiger partial charge in [-0.3, -0.25) is 4.79 Å². The zero-order valence-corrected chi connectivity index (χ0v) is 11.1. The van der Waals surface area contributed by atoms with Crippen molar-refractivity contribution in [3.63, 3.8) is 0 Å². The lowest BCUT2D eigenvalue weighted by molar-refractivity contribution is -0.118. The second-order valence-corrected chi connectivity index (χ2v) is 4.65. The molecule has 2 rings (SSSR count). The Kier molecular flexibility index (Phi) is 4.18. The van der Waals surface area contributed by atoms with Crippen LogP contribution >= 0.6 is 0 Å². The SMILES string of the molecule is CC(C)C(=O)Nc1ccc(NCc2cnc[nH]2)cc1. The molecule has 0 saturated carbocycles. The molecule has 3 N–H and O–H groups in total. The van der Waals surface area contributed by atoms with Crippen LogP contribution in [-0.4, -0.2) is 15.9 Å². The monoisotopic (exact) mass is 258 g/mol. The summed E-state index contributed by atoms with van der Waals surface area (Å²) in [6.07, 6.45) is 3.44. The molecule has 1 amide bonds. The maximum atomic E-state index is 11.5. The number of nitrogens with one attached hydrogen (secondary N) is 3. The van der Waals surface area contributed by atoms with Gasteiger partial charge < -0.3 is 15.6 Å². The number of carbonyl (C=O) groups excluding carboxylic acids is 1. The van der Waals surface area contributed by atoms with Gasteiger partial charge in [0.25, 0.3) is 0 Å². The molecular weight excluding hydrogens is 240 g/mol. The molecule has 0 saturated heterocycles. The number of amides is 1. The largest absolute Gasteiger partial charge is 0.379 e. The fourth-order valence-electron chi connectivity index (χ4n) is 1.54. The molecule has 1 heterocycles. The molecule has 0 spiro atoms. The Hall–Kier alpha value is -2.30. The third-order valence-electron chi connectivity index (χ3n) is 2.71. The molecule has 0 aliphatic heterocycles. The van der Waals surface area contributed by atoms with E-state index in [0.29, 0.717) is 6.54 Å². The van der Waals surface area contributed by atoms with Crippen LogP contribution in [0.5, 0.6) is 0 Å². The number of benzene rings is 1. The van der Waals surface area contributed by atoms with E-state index in [2.05, 4.69) is 20.6 Å². The lowest BCUT2D eigenvalue weighted by Crippen LogP contribution is -2.17. The van der Waals surface area contributed by atoms with Crippen LogP contribution in [0.1, 0.15) is 19.5 Å². The van der Waals surface area contributed by atoms with Crippen molar-refractivity contribution in [2.24, 2.45) is 5.92 Å². The first-order valence-corrected chi connectivity index (χ1v) is 6.27. The molecule has 19 heavy (non-hydrogen) atoms. The van der Waals surface area contributed by atoms with Gasteiger partial charge in [-0.1, -0.05) is 13.8 Å². The van der Waals surface area contributed by atoms with Crippen molar-refractivity contribution >= 4 is 17.3 Å². The second-order valence-electron chi connectivity index (χ2n) is 4.65. The highest BCUT2D eigenvalue weighted by Crippen LogP contribution is 2.15. The number of carbonyl (C=O) groups is 1. The standard InChI is InChI=1S/C14H18N4O/c1-10(2)14(19)18-12-5-3-11(4-6-12)16-8-13-7-15-9-17-13/h3-7,9-10,16H,8H2,1-2H3,(H,15,17)(H,18,19). The van der Waals surface area contributed by atoms with E-state index in [-0.39, 0.29) is 11.8 Å². The molecule has 0 aliphatic rings. The normalized spacial score (nSPS) is 10.5. The summed E-state index contributed by atoms with van der Waals surface area (Å²) in [6.45, 7) is 4.43. The van der Waals surface area contributed by atoms with Crippen molar-refractivity contribution in [3.05, 3.63) is 42.5 Å². The van der Waals surface area contributed by atoms with Crippen LogP contribution < -0.4 is 10.6 Å². The van der Waals surface area contributed by atoms with Gasteiger partial charge in [0.1, 0.15) is 0 Å². The number of anilines is 2. The van der Waals surface area contributed by atoms with Crippen molar-refractivity contribution in [1.29, 1.82) is 0 Å². The predicted molar refractivity (Wildman–Crippen MR) is 75.8 cm³/mol. The fraction of sp³-hybridized carbons (Fsp3) is 0.286. The molecule has 0 unspecified atom stereocenters. The van der Waals surface area contributed by atoms with Crippen molar-refractivity contribution in [2.75, 3.05) is 10.6 Å². The van der Waals surface area contributed by atoms with Crippen molar-refractivity contribution < 1.29 is 4.79 Å². The van der Waals surface area contributed by atoms with Gasteiger partial charge in [0.05, 0.1) is 18.6 Å². The summed E-state index contributed by atoms with van der Waals surface area (Å²) in [5.74, 6) is 0.0105. The van der Waals surface area contributed by atoms with Crippen LogP contribution in [0.15, 0.2) is 36.8 Å². The number of hydrogen-bond acceptors (Lipinski definition) is 3. The highest BCUT2D eigenvalue weighted by molar-refractivity contribution is 5.92. The van der Waals surface area contributed by atoms with Crippen LogP contribution in [-0.2, 0) is 11.3 Å². The Labute approximate surface area is 112 Å². The Balaban J connectivity index is 1.89. The molecule has 1 aromatic carbocycles. The number of aromatic nitrogens is 2. The van der Waals surface area contributed by atoms with Gasteiger partial charge in [0, 0.05) is 23.5 Å². The van der Waals surface area contributed by atoms with Gasteiger partial charge in [-0.2, -0.15) is 0 Å². The number of imidazole rings is 1. The molecule has 0 radical (unpaired) electrons. The zero-order chi connectivity index (χ0) is 13.7. The number of aromatic amines is 1. The van der Waals surface area contributed by atoms with Crippen LogP contribution in [0.3, 0.4) is 0 Å². The van der Waals surface area contributed by atoms with E-state index in [1.165, 1.54) is 0 Å². The molecular formula is C14H18N4O. The quantitative estimate of drug-likeness (QED) is 0.772. The van der Waals surface area contributed by atoms with Gasteiger partial charge >= 0.3 is 0 Å². The Morgan fingerprint density at radius 2 is 1.95 bits per heavy atom. The molecule has 5 heteroatoms. The highest BCUT2D eigenvalue weighted by Gasteiger charge is 2.06. The van der Waals surface area contributed by atoms with E-state index in [0.717, 1.165) is 17.1 Å². The Bertz CT molecular complexity index is 517. The molecule has 5 nitrogen and oxygen atoms in total. The minimum Gasteiger partial charge on any atom is -0.379 e. The molecule has 0 bridgehead atoms. The van der Waals surface area contributed by atoms with E-state index >= 15 is 0 Å². The van der Waals surface area contributed by atoms with E-state index in [9.17, 15) is 4.79 Å². The minimum atomic E-state index is -0.0156. The van der Waals surface area contributed by atoms with E-state index in [4.69, 9.17) is 0 Å². The molecule has 2 aromatic rings. The average Bonchev–Trinajstić information content (AvgIpc) is 2.91. The predicted octanol–water partition coefficient (Wildman–Crippen LogP) is 2.62. The van der Waals surface area contributed by atoms with Gasteiger partial charge in [-0.15, -0.1) is 0 Å². The summed E-state index contributed by atoms with van der Waals surface area (Å²) in [5, 5.41) is 6.12. The van der Waals surface area contributed by atoms with Gasteiger partial charge in [-0.05, 0) is 24.3 Å². The van der Waals surface area contributed by atoms with Gasteiger partial charge in [-0.25, -0.2) is 4.98 Å². The lowest BCUT2D eigenvalue weighted by Gasteiger charge is -2.09. The molecule has 100 valence electrons. The van der Waals surface area contributed by atoms with Crippen LogP contribution in [0.4, 0.5) is 11.4 Å². The number of hydrogen-bond donors (Lipinski definition) is 3. The third kappa shape index (κ3) is 3.84. The molecule has 1 aromatic heterocycles. The zero-order valence-electron chi connectivity index (χ0n) is 11.1. The van der Waals surface area contributed by atoms with E-state index in [1.807, 2.05) is 38.1 Å². The first-order valence-electron chi connectivity index (χ1n) is 6.27. The first kappa shape index (κ1) is 13.1. The second kappa shape index (κ2) is 6.04. The van der Waals surface area contributed by atoms with E-state index < -0.39 is 0 Å². The maximum absolute atomic E-state index is 11.5. The van der Waals surface area contributed by atoms with Crippen LogP contribution in [0.2, 0.25) is 0 Å². The van der Waals surface area contributed by atoms with Gasteiger partial charge in [0.15, 0.2) is 0 Å². The molecule has 0 aliphatic carbocycles. The average molecular weight is 258 g/mol. The topological polar surface area (TPSA) is 69.8 Å². The van der Waals surface area contributed by atoms with Crippen molar-refractivity contribution in [2.45, 2.75) is 20.4 Å². The molecule has 0 atom stereocenters.